The van der Waals surface area contributed by atoms with Crippen molar-refractivity contribution in [3.63, 3.8) is 0 Å². The lowest BCUT2D eigenvalue weighted by Crippen LogP contribution is -2.06. The second-order valence-electron chi connectivity index (χ2n) is 8.81. The van der Waals surface area contributed by atoms with E-state index in [-0.39, 0.29) is 11.1 Å². The average Bonchev–Trinajstić information content (AvgIpc) is 2.79. The van der Waals surface area contributed by atoms with Gasteiger partial charge in [0.15, 0.2) is 0 Å². The highest BCUT2D eigenvalue weighted by Gasteiger charge is 2.13. The lowest BCUT2D eigenvalue weighted by molar-refractivity contribution is 0.0651. The molecule has 0 aliphatic rings. The van der Waals surface area contributed by atoms with E-state index < -0.39 is 11.9 Å². The molecule has 32 heavy (non-hydrogen) atoms. The summed E-state index contributed by atoms with van der Waals surface area (Å²) in [6.07, 6.45) is 26.4. The third-order valence-corrected chi connectivity index (χ3v) is 5.84. The van der Waals surface area contributed by atoms with Gasteiger partial charge in [-0.05, 0) is 12.1 Å². The number of unbranched alkanes of at least 4 members (excludes halogenated alkanes) is 17. The maximum atomic E-state index is 10.5. The second-order valence-corrected chi connectivity index (χ2v) is 8.81. The molecule has 0 aliphatic carbocycles. The maximum absolute atomic E-state index is 10.5. The van der Waals surface area contributed by atoms with Crippen molar-refractivity contribution in [2.75, 3.05) is 0 Å². The smallest absolute Gasteiger partial charge is 0.336 e. The molecule has 0 aliphatic heterocycles. The van der Waals surface area contributed by atoms with Gasteiger partial charge in [-0.25, -0.2) is 9.59 Å². The van der Waals surface area contributed by atoms with Crippen LogP contribution in [-0.4, -0.2) is 22.2 Å². The normalized spacial score (nSPS) is 10.4. The van der Waals surface area contributed by atoms with Gasteiger partial charge in [0.25, 0.3) is 0 Å². The largest absolute Gasteiger partial charge is 0.478 e. The molecule has 0 spiro atoms. The quantitative estimate of drug-likeness (QED) is 0.207. The molecule has 2 N–H and O–H groups in total. The Balaban J connectivity index is 0.000000677. The standard InChI is InChI=1S/C20H42.C8H6O4/c1-3-5-7-9-11-13-15-17-19-20-18-16-14-12-10-8-6-4-2;9-7(10)5-3-1-2-4-6(5)8(11)12/h3-20H2,1-2H3;1-4H,(H,9,10)(H,11,12). The molecule has 0 saturated heterocycles. The Bertz CT molecular complexity index is 532. The van der Waals surface area contributed by atoms with Crippen LogP contribution in [0.5, 0.6) is 0 Å². The van der Waals surface area contributed by atoms with Gasteiger partial charge in [0.1, 0.15) is 0 Å². The Morgan fingerprint density at radius 1 is 0.500 bits per heavy atom. The zero-order chi connectivity index (χ0) is 23.9. The van der Waals surface area contributed by atoms with Gasteiger partial charge in [-0.3, -0.25) is 0 Å². The van der Waals surface area contributed by atoms with Crippen molar-refractivity contribution in [3.8, 4) is 0 Å². The van der Waals surface area contributed by atoms with E-state index in [0.717, 1.165) is 0 Å². The Hall–Kier alpha value is -1.84. The number of aromatic carboxylic acids is 2. The molecule has 1 aromatic rings. The molecule has 1 aromatic carbocycles. The molecule has 0 amide bonds. The average molecular weight is 449 g/mol. The molecule has 0 bridgehead atoms. The van der Waals surface area contributed by atoms with E-state index in [0.29, 0.717) is 0 Å². The minimum Gasteiger partial charge on any atom is -0.478 e. The molecular formula is C28H48O4. The summed E-state index contributed by atoms with van der Waals surface area (Å²) in [6.45, 7) is 4.59. The lowest BCUT2D eigenvalue weighted by Gasteiger charge is -2.03. The van der Waals surface area contributed by atoms with E-state index in [1.54, 1.807) is 0 Å². The van der Waals surface area contributed by atoms with Gasteiger partial charge >= 0.3 is 11.9 Å². The predicted octanol–water partition coefficient (Wildman–Crippen LogP) is 9.13. The summed E-state index contributed by atoms with van der Waals surface area (Å²) in [6, 6.07) is 5.48. The summed E-state index contributed by atoms with van der Waals surface area (Å²) in [4.78, 5) is 20.9. The van der Waals surface area contributed by atoms with Gasteiger partial charge in [-0.1, -0.05) is 142 Å². The summed E-state index contributed by atoms with van der Waals surface area (Å²) in [5.74, 6) is -2.46. The number of carboxylic acids is 2. The topological polar surface area (TPSA) is 74.6 Å². The first kappa shape index (κ1) is 30.2. The summed E-state index contributed by atoms with van der Waals surface area (Å²) in [5, 5.41) is 17.1. The lowest BCUT2D eigenvalue weighted by atomic mass is 10.0. The molecule has 184 valence electrons. The monoisotopic (exact) mass is 448 g/mol. The molecule has 4 heteroatoms. The summed E-state index contributed by atoms with van der Waals surface area (Å²) in [5.41, 5.74) is -0.380. The van der Waals surface area contributed by atoms with Crippen LogP contribution in [-0.2, 0) is 0 Å². The zero-order valence-corrected chi connectivity index (χ0v) is 20.7. The van der Waals surface area contributed by atoms with Gasteiger partial charge in [0, 0.05) is 0 Å². The fourth-order valence-corrected chi connectivity index (χ4v) is 3.83. The summed E-state index contributed by atoms with van der Waals surface area (Å²) < 4.78 is 0. The van der Waals surface area contributed by atoms with Crippen LogP contribution in [0.15, 0.2) is 24.3 Å². The molecule has 0 fully saturated rings. The molecule has 0 saturated carbocycles. The Kier molecular flexibility index (Phi) is 21.1. The number of hydrogen-bond acceptors (Lipinski definition) is 2. The van der Waals surface area contributed by atoms with Crippen LogP contribution in [0.4, 0.5) is 0 Å². The fraction of sp³-hybridized carbons (Fsp3) is 0.714. The summed E-state index contributed by atoms with van der Waals surface area (Å²) in [7, 11) is 0. The first-order valence-electron chi connectivity index (χ1n) is 13.1. The van der Waals surface area contributed by atoms with Gasteiger partial charge in [-0.2, -0.15) is 0 Å². The van der Waals surface area contributed by atoms with Crippen LogP contribution in [0.2, 0.25) is 0 Å². The van der Waals surface area contributed by atoms with Crippen molar-refractivity contribution in [3.05, 3.63) is 35.4 Å². The third-order valence-electron chi connectivity index (χ3n) is 5.84. The molecule has 4 nitrogen and oxygen atoms in total. The van der Waals surface area contributed by atoms with Crippen LogP contribution in [0, 0.1) is 0 Å². The van der Waals surface area contributed by atoms with Gasteiger partial charge < -0.3 is 10.2 Å². The molecule has 0 radical (unpaired) electrons. The minimum atomic E-state index is -1.23. The van der Waals surface area contributed by atoms with Crippen molar-refractivity contribution < 1.29 is 19.8 Å². The zero-order valence-electron chi connectivity index (χ0n) is 20.7. The first-order valence-corrected chi connectivity index (χ1v) is 13.1. The van der Waals surface area contributed by atoms with Crippen LogP contribution >= 0.6 is 0 Å². The van der Waals surface area contributed by atoms with E-state index >= 15 is 0 Å². The van der Waals surface area contributed by atoms with E-state index in [2.05, 4.69) is 13.8 Å². The van der Waals surface area contributed by atoms with Crippen molar-refractivity contribution >= 4 is 11.9 Å². The fourth-order valence-electron chi connectivity index (χ4n) is 3.83. The van der Waals surface area contributed by atoms with E-state index in [1.807, 2.05) is 0 Å². The summed E-state index contributed by atoms with van der Waals surface area (Å²) >= 11 is 0. The predicted molar refractivity (Wildman–Crippen MR) is 135 cm³/mol. The van der Waals surface area contributed by atoms with E-state index in [4.69, 9.17) is 10.2 Å². The molecule has 0 unspecified atom stereocenters. The van der Waals surface area contributed by atoms with Gasteiger partial charge in [-0.15, -0.1) is 0 Å². The molecule has 0 atom stereocenters. The van der Waals surface area contributed by atoms with Crippen molar-refractivity contribution in [2.24, 2.45) is 0 Å². The van der Waals surface area contributed by atoms with Crippen molar-refractivity contribution in [1.82, 2.24) is 0 Å². The second kappa shape index (κ2) is 22.4. The van der Waals surface area contributed by atoms with Gasteiger partial charge in [0.05, 0.1) is 11.1 Å². The first-order chi connectivity index (χ1) is 15.5. The Morgan fingerprint density at radius 3 is 0.906 bits per heavy atom. The van der Waals surface area contributed by atoms with Crippen molar-refractivity contribution in [2.45, 2.75) is 129 Å². The minimum absolute atomic E-state index is 0.190. The maximum Gasteiger partial charge on any atom is 0.336 e. The molecule has 0 heterocycles. The van der Waals surface area contributed by atoms with Crippen molar-refractivity contribution in [1.29, 1.82) is 0 Å². The van der Waals surface area contributed by atoms with Crippen LogP contribution in [0.1, 0.15) is 150 Å². The molecule has 0 aromatic heterocycles. The Morgan fingerprint density at radius 2 is 0.719 bits per heavy atom. The molecule has 1 rings (SSSR count). The highest BCUT2D eigenvalue weighted by atomic mass is 16.4. The number of carbonyl (C=O) groups is 2. The van der Waals surface area contributed by atoms with E-state index in [1.165, 1.54) is 140 Å². The van der Waals surface area contributed by atoms with Crippen LogP contribution in [0.3, 0.4) is 0 Å². The SMILES string of the molecule is CCCCCCCCCCCCCCCCCCCC.O=C(O)c1ccccc1C(=O)O. The van der Waals surface area contributed by atoms with Crippen LogP contribution in [0.25, 0.3) is 0 Å². The number of rotatable bonds is 19. The van der Waals surface area contributed by atoms with E-state index in [9.17, 15) is 9.59 Å². The van der Waals surface area contributed by atoms with Crippen LogP contribution < -0.4 is 0 Å². The Labute approximate surface area is 196 Å². The third kappa shape index (κ3) is 17.8. The highest BCUT2D eigenvalue weighted by Crippen LogP contribution is 2.14. The number of carboxylic acid groups (broad SMARTS) is 2. The van der Waals surface area contributed by atoms with Gasteiger partial charge in [0.2, 0.25) is 0 Å². The highest BCUT2D eigenvalue weighted by molar-refractivity contribution is 6.01. The molecular weight excluding hydrogens is 400 g/mol. The number of hydrogen-bond donors (Lipinski definition) is 2. The number of benzene rings is 1.